The number of halogens is 1. The molecule has 0 aliphatic heterocycles. The van der Waals surface area contributed by atoms with Gasteiger partial charge in [0.2, 0.25) is 0 Å². The molecule has 8 nitrogen and oxygen atoms in total. The molecule has 5 aromatic rings. The first kappa shape index (κ1) is 22.5. The summed E-state index contributed by atoms with van der Waals surface area (Å²) in [7, 11) is 3.35. The summed E-state index contributed by atoms with van der Waals surface area (Å²) in [5.74, 6) is -0.450. The number of nitrogens with one attached hydrogen (secondary N) is 2. The smallest absolute Gasteiger partial charge is 0.290 e. The van der Waals surface area contributed by atoms with E-state index in [1.54, 1.807) is 22.9 Å². The van der Waals surface area contributed by atoms with E-state index in [4.69, 9.17) is 0 Å². The van der Waals surface area contributed by atoms with Crippen LogP contribution < -0.4 is 16.2 Å². The molecule has 0 spiro atoms. The topological polar surface area (TPSA) is 93.8 Å². The Labute approximate surface area is 203 Å². The minimum atomic E-state index is -0.574. The minimum absolute atomic E-state index is 0.0236. The first-order valence-corrected chi connectivity index (χ1v) is 11.6. The van der Waals surface area contributed by atoms with Crippen molar-refractivity contribution >= 4 is 44.5 Å². The number of hydrogen-bond acceptors (Lipinski definition) is 6. The van der Waals surface area contributed by atoms with Crippen molar-refractivity contribution in [1.29, 1.82) is 0 Å². The molecule has 0 bridgehead atoms. The predicted octanol–water partition coefficient (Wildman–Crippen LogP) is 4.84. The second kappa shape index (κ2) is 8.80. The zero-order valence-electron chi connectivity index (χ0n) is 19.2. The summed E-state index contributed by atoms with van der Waals surface area (Å²) >= 11 is 1.34. The molecule has 176 valence electrons. The summed E-state index contributed by atoms with van der Waals surface area (Å²) < 4.78 is 18.5. The minimum Gasteiger partial charge on any atom is -0.334 e. The summed E-state index contributed by atoms with van der Waals surface area (Å²) in [5.41, 5.74) is 1.85. The molecule has 3 aromatic heterocycles. The number of anilines is 3. The van der Waals surface area contributed by atoms with Crippen LogP contribution in [-0.2, 0) is 14.1 Å². The number of hydrogen-bond donors (Lipinski definition) is 2. The standard InChI is InChI=1S/C25H21FN6O2S/c1-14-10-23(30-31(14)2)27-20-13-18(29-32(3)25(20)34)15-8-9-17(26)19(11-15)28-24(33)22-12-16-6-4-5-7-21(16)35-22/h4-13H,1-3H3,(H,27,30)(H,28,33). The van der Waals surface area contributed by atoms with Crippen molar-refractivity contribution in [2.75, 3.05) is 10.6 Å². The number of aryl methyl sites for hydroxylation is 3. The van der Waals surface area contributed by atoms with Gasteiger partial charge in [-0.25, -0.2) is 9.07 Å². The molecule has 0 saturated heterocycles. The van der Waals surface area contributed by atoms with Crippen LogP contribution in [0, 0.1) is 12.7 Å². The van der Waals surface area contributed by atoms with Gasteiger partial charge in [-0.15, -0.1) is 11.3 Å². The van der Waals surface area contributed by atoms with Crippen LogP contribution in [0.3, 0.4) is 0 Å². The first-order valence-electron chi connectivity index (χ1n) is 10.7. The molecule has 3 heterocycles. The summed E-state index contributed by atoms with van der Waals surface area (Å²) in [6.45, 7) is 1.90. The molecule has 2 N–H and O–H groups in total. The molecule has 0 unspecified atom stereocenters. The monoisotopic (exact) mass is 488 g/mol. The molecule has 0 aliphatic carbocycles. The Bertz CT molecular complexity index is 1600. The Hall–Kier alpha value is -4.31. The van der Waals surface area contributed by atoms with Gasteiger partial charge in [0.05, 0.1) is 16.3 Å². The van der Waals surface area contributed by atoms with Crippen LogP contribution >= 0.6 is 11.3 Å². The quantitative estimate of drug-likeness (QED) is 0.369. The number of benzene rings is 2. The highest BCUT2D eigenvalue weighted by molar-refractivity contribution is 7.20. The Morgan fingerprint density at radius 1 is 0.971 bits per heavy atom. The summed E-state index contributed by atoms with van der Waals surface area (Å²) in [5, 5.41) is 15.3. The molecule has 0 radical (unpaired) electrons. The fourth-order valence-corrected chi connectivity index (χ4v) is 4.62. The zero-order chi connectivity index (χ0) is 24.7. The summed E-state index contributed by atoms with van der Waals surface area (Å²) in [6, 6.07) is 17.2. The Balaban J connectivity index is 1.46. The lowest BCUT2D eigenvalue weighted by molar-refractivity contribution is 0.103. The molecular weight excluding hydrogens is 467 g/mol. The van der Waals surface area contributed by atoms with Gasteiger partial charge >= 0.3 is 0 Å². The van der Waals surface area contributed by atoms with Crippen molar-refractivity contribution in [3.63, 3.8) is 0 Å². The number of aromatic nitrogens is 4. The van der Waals surface area contributed by atoms with Crippen LogP contribution in [0.5, 0.6) is 0 Å². The second-order valence-corrected chi connectivity index (χ2v) is 9.17. The number of fused-ring (bicyclic) bond motifs is 1. The normalized spacial score (nSPS) is 11.1. The van der Waals surface area contributed by atoms with E-state index in [9.17, 15) is 14.0 Å². The molecule has 5 rings (SSSR count). The molecule has 0 atom stereocenters. The van der Waals surface area contributed by atoms with Crippen molar-refractivity contribution in [2.24, 2.45) is 14.1 Å². The lowest BCUT2D eigenvalue weighted by atomic mass is 10.1. The van der Waals surface area contributed by atoms with E-state index in [2.05, 4.69) is 20.8 Å². The molecule has 1 amide bonds. The third-order valence-corrected chi connectivity index (χ3v) is 6.71. The average Bonchev–Trinajstić information content (AvgIpc) is 3.41. The van der Waals surface area contributed by atoms with Gasteiger partial charge < -0.3 is 10.6 Å². The average molecular weight is 489 g/mol. The fourth-order valence-electron chi connectivity index (χ4n) is 3.66. The number of amides is 1. The van der Waals surface area contributed by atoms with Crippen molar-refractivity contribution < 1.29 is 9.18 Å². The highest BCUT2D eigenvalue weighted by Crippen LogP contribution is 2.28. The van der Waals surface area contributed by atoms with Crippen molar-refractivity contribution in [2.45, 2.75) is 6.92 Å². The zero-order valence-corrected chi connectivity index (χ0v) is 20.0. The highest BCUT2D eigenvalue weighted by Gasteiger charge is 2.16. The third kappa shape index (κ3) is 4.43. The molecule has 2 aromatic carbocycles. The highest BCUT2D eigenvalue weighted by atomic mass is 32.1. The third-order valence-electron chi connectivity index (χ3n) is 5.60. The maximum absolute atomic E-state index is 14.6. The van der Waals surface area contributed by atoms with Gasteiger partial charge in [0.25, 0.3) is 11.5 Å². The fraction of sp³-hybridized carbons (Fsp3) is 0.120. The van der Waals surface area contributed by atoms with Gasteiger partial charge in [0.15, 0.2) is 5.82 Å². The van der Waals surface area contributed by atoms with E-state index in [1.807, 2.05) is 44.3 Å². The van der Waals surface area contributed by atoms with Crippen molar-refractivity contribution in [1.82, 2.24) is 19.6 Å². The van der Waals surface area contributed by atoms with Gasteiger partial charge in [-0.05, 0) is 48.7 Å². The van der Waals surface area contributed by atoms with E-state index in [0.29, 0.717) is 22.0 Å². The number of rotatable bonds is 5. The lowest BCUT2D eigenvalue weighted by Gasteiger charge is -2.11. The number of carbonyl (C=O) groups excluding carboxylic acids is 1. The predicted molar refractivity (Wildman–Crippen MR) is 136 cm³/mol. The van der Waals surface area contributed by atoms with E-state index in [-0.39, 0.29) is 16.9 Å². The van der Waals surface area contributed by atoms with Gasteiger partial charge in [-0.3, -0.25) is 14.3 Å². The van der Waals surface area contributed by atoms with E-state index in [1.165, 1.54) is 35.2 Å². The molecule has 0 aliphatic rings. The number of carbonyl (C=O) groups is 1. The van der Waals surface area contributed by atoms with Crippen LogP contribution in [0.2, 0.25) is 0 Å². The summed E-state index contributed by atoms with van der Waals surface area (Å²) in [6.07, 6.45) is 0. The Morgan fingerprint density at radius 2 is 1.77 bits per heavy atom. The number of thiophene rings is 1. The van der Waals surface area contributed by atoms with Crippen LogP contribution in [0.1, 0.15) is 15.4 Å². The van der Waals surface area contributed by atoms with Crippen molar-refractivity contribution in [3.8, 4) is 11.3 Å². The Kier molecular flexibility index (Phi) is 5.65. The van der Waals surface area contributed by atoms with Gasteiger partial charge in [0.1, 0.15) is 11.5 Å². The molecule has 0 saturated carbocycles. The summed E-state index contributed by atoms with van der Waals surface area (Å²) in [4.78, 5) is 25.9. The first-order chi connectivity index (χ1) is 16.8. The van der Waals surface area contributed by atoms with Crippen molar-refractivity contribution in [3.05, 3.63) is 87.4 Å². The van der Waals surface area contributed by atoms with Crippen LogP contribution in [0.15, 0.2) is 65.5 Å². The Morgan fingerprint density at radius 3 is 2.51 bits per heavy atom. The van der Waals surface area contributed by atoms with E-state index >= 15 is 0 Å². The lowest BCUT2D eigenvalue weighted by Crippen LogP contribution is -2.22. The van der Waals surface area contributed by atoms with Gasteiger partial charge in [-0.1, -0.05) is 18.2 Å². The molecular formula is C25H21FN6O2S. The van der Waals surface area contributed by atoms with E-state index in [0.717, 1.165) is 15.8 Å². The van der Waals surface area contributed by atoms with Crippen LogP contribution in [0.4, 0.5) is 21.6 Å². The maximum Gasteiger partial charge on any atom is 0.290 e. The number of nitrogens with zero attached hydrogens (tertiary/aromatic N) is 4. The van der Waals surface area contributed by atoms with Crippen LogP contribution in [0.25, 0.3) is 21.3 Å². The molecule has 35 heavy (non-hydrogen) atoms. The van der Waals surface area contributed by atoms with E-state index < -0.39 is 11.7 Å². The second-order valence-electron chi connectivity index (χ2n) is 8.09. The van der Waals surface area contributed by atoms with Gasteiger partial charge in [0, 0.05) is 36.1 Å². The SMILES string of the molecule is Cc1cc(Nc2cc(-c3ccc(F)c(NC(=O)c4cc5ccccc5s4)c3)nn(C)c2=O)nn1C. The molecule has 10 heteroatoms. The molecule has 0 fully saturated rings. The maximum atomic E-state index is 14.6. The largest absolute Gasteiger partial charge is 0.334 e. The van der Waals surface area contributed by atoms with Gasteiger partial charge in [-0.2, -0.15) is 10.2 Å². The van der Waals surface area contributed by atoms with Crippen LogP contribution in [-0.4, -0.2) is 25.5 Å².